The van der Waals surface area contributed by atoms with E-state index in [1.165, 1.54) is 12.3 Å². The molecular formula is C15H17FN2O. The zero-order valence-electron chi connectivity index (χ0n) is 11.3. The van der Waals surface area contributed by atoms with Crippen LogP contribution in [-0.4, -0.2) is 19.1 Å². The third-order valence-corrected chi connectivity index (χ3v) is 3.10. The molecule has 1 N–H and O–H groups in total. The van der Waals surface area contributed by atoms with Crippen molar-refractivity contribution in [2.75, 3.05) is 14.2 Å². The first-order chi connectivity index (χ1) is 9.15. The van der Waals surface area contributed by atoms with Crippen LogP contribution in [0.15, 0.2) is 36.7 Å². The monoisotopic (exact) mass is 260 g/mol. The molecule has 0 bridgehead atoms. The summed E-state index contributed by atoms with van der Waals surface area (Å²) in [5.41, 5.74) is 2.89. The predicted octanol–water partition coefficient (Wildman–Crippen LogP) is 2.85. The summed E-state index contributed by atoms with van der Waals surface area (Å²) in [5, 5.41) is 3.18. The lowest BCUT2D eigenvalue weighted by Crippen LogP contribution is -2.18. The van der Waals surface area contributed by atoms with E-state index in [0.29, 0.717) is 0 Å². The molecule has 1 unspecified atom stereocenters. The second-order valence-electron chi connectivity index (χ2n) is 4.39. The van der Waals surface area contributed by atoms with E-state index in [-0.39, 0.29) is 11.9 Å². The zero-order valence-corrected chi connectivity index (χ0v) is 11.3. The Morgan fingerprint density at radius 1 is 1.21 bits per heavy atom. The molecule has 1 aromatic heterocycles. The van der Waals surface area contributed by atoms with Crippen molar-refractivity contribution >= 4 is 0 Å². The molecule has 0 aliphatic rings. The minimum Gasteiger partial charge on any atom is -0.496 e. The van der Waals surface area contributed by atoms with Crippen LogP contribution in [0.1, 0.15) is 22.7 Å². The van der Waals surface area contributed by atoms with Gasteiger partial charge in [0.15, 0.2) is 0 Å². The van der Waals surface area contributed by atoms with Crippen molar-refractivity contribution in [3.63, 3.8) is 0 Å². The van der Waals surface area contributed by atoms with Gasteiger partial charge in [-0.05, 0) is 42.8 Å². The Labute approximate surface area is 112 Å². The molecule has 0 amide bonds. The molecule has 0 aliphatic carbocycles. The number of hydrogen-bond acceptors (Lipinski definition) is 3. The van der Waals surface area contributed by atoms with Crippen LogP contribution in [0.3, 0.4) is 0 Å². The largest absolute Gasteiger partial charge is 0.496 e. The van der Waals surface area contributed by atoms with Gasteiger partial charge in [-0.1, -0.05) is 12.1 Å². The molecule has 1 atom stereocenters. The fraction of sp³-hybridized carbons (Fsp3) is 0.267. The molecular weight excluding hydrogens is 243 g/mol. The van der Waals surface area contributed by atoms with Gasteiger partial charge in [-0.3, -0.25) is 4.98 Å². The number of hydrogen-bond donors (Lipinski definition) is 1. The fourth-order valence-electron chi connectivity index (χ4n) is 2.19. The molecule has 3 nitrogen and oxygen atoms in total. The Kier molecular flexibility index (Phi) is 4.12. The molecule has 100 valence electrons. The Morgan fingerprint density at radius 3 is 2.58 bits per heavy atom. The molecule has 0 fully saturated rings. The molecule has 2 aromatic rings. The van der Waals surface area contributed by atoms with E-state index in [2.05, 4.69) is 10.3 Å². The van der Waals surface area contributed by atoms with Crippen LogP contribution in [0.2, 0.25) is 0 Å². The number of pyridine rings is 1. The van der Waals surface area contributed by atoms with Gasteiger partial charge in [-0.25, -0.2) is 4.39 Å². The summed E-state index contributed by atoms with van der Waals surface area (Å²) in [6.45, 7) is 1.98. The Balaban J connectivity index is 2.39. The SMILES string of the molecule is CNC(c1cncc(F)c1)c1ccc(OC)c(C)c1. The number of aryl methyl sites for hydroxylation is 1. The fourth-order valence-corrected chi connectivity index (χ4v) is 2.19. The summed E-state index contributed by atoms with van der Waals surface area (Å²) < 4.78 is 18.5. The van der Waals surface area contributed by atoms with Crippen LogP contribution in [-0.2, 0) is 0 Å². The highest BCUT2D eigenvalue weighted by atomic mass is 19.1. The normalized spacial score (nSPS) is 12.2. The smallest absolute Gasteiger partial charge is 0.141 e. The summed E-state index contributed by atoms with van der Waals surface area (Å²) >= 11 is 0. The Morgan fingerprint density at radius 2 is 2.00 bits per heavy atom. The number of nitrogens with zero attached hydrogens (tertiary/aromatic N) is 1. The van der Waals surface area contributed by atoms with Gasteiger partial charge in [-0.2, -0.15) is 0 Å². The van der Waals surface area contributed by atoms with Crippen LogP contribution < -0.4 is 10.1 Å². The van der Waals surface area contributed by atoms with Gasteiger partial charge in [0.05, 0.1) is 19.3 Å². The van der Waals surface area contributed by atoms with Gasteiger partial charge in [0.2, 0.25) is 0 Å². The maximum atomic E-state index is 13.3. The molecule has 0 saturated carbocycles. The zero-order chi connectivity index (χ0) is 13.8. The van der Waals surface area contributed by atoms with E-state index in [1.54, 1.807) is 13.3 Å². The molecule has 1 heterocycles. The third-order valence-electron chi connectivity index (χ3n) is 3.10. The van der Waals surface area contributed by atoms with E-state index in [1.807, 2.05) is 32.2 Å². The first-order valence-electron chi connectivity index (χ1n) is 6.08. The van der Waals surface area contributed by atoms with Gasteiger partial charge < -0.3 is 10.1 Å². The van der Waals surface area contributed by atoms with Gasteiger partial charge in [0, 0.05) is 6.20 Å². The number of nitrogens with one attached hydrogen (secondary N) is 1. The highest BCUT2D eigenvalue weighted by molar-refractivity contribution is 5.40. The molecule has 0 saturated heterocycles. The van der Waals surface area contributed by atoms with Crippen LogP contribution in [0.5, 0.6) is 5.75 Å². The lowest BCUT2D eigenvalue weighted by molar-refractivity contribution is 0.411. The number of methoxy groups -OCH3 is 1. The van der Waals surface area contributed by atoms with Crippen molar-refractivity contribution in [2.24, 2.45) is 0 Å². The molecule has 4 heteroatoms. The van der Waals surface area contributed by atoms with Crippen molar-refractivity contribution in [1.29, 1.82) is 0 Å². The lowest BCUT2D eigenvalue weighted by Gasteiger charge is -2.18. The second kappa shape index (κ2) is 5.80. The molecule has 0 spiro atoms. The maximum Gasteiger partial charge on any atom is 0.141 e. The van der Waals surface area contributed by atoms with Gasteiger partial charge in [0.1, 0.15) is 11.6 Å². The van der Waals surface area contributed by atoms with E-state index in [0.717, 1.165) is 22.4 Å². The Bertz CT molecular complexity index is 572. The maximum absolute atomic E-state index is 13.3. The number of aromatic nitrogens is 1. The number of rotatable bonds is 4. The number of benzene rings is 1. The van der Waals surface area contributed by atoms with Crippen LogP contribution in [0, 0.1) is 12.7 Å². The summed E-state index contributed by atoms with van der Waals surface area (Å²) in [6.07, 6.45) is 2.87. The molecule has 0 radical (unpaired) electrons. The quantitative estimate of drug-likeness (QED) is 0.918. The van der Waals surface area contributed by atoms with Crippen molar-refractivity contribution in [3.8, 4) is 5.75 Å². The van der Waals surface area contributed by atoms with Crippen molar-refractivity contribution in [3.05, 3.63) is 59.2 Å². The first kappa shape index (κ1) is 13.5. The highest BCUT2D eigenvalue weighted by Gasteiger charge is 2.14. The molecule has 0 aliphatic heterocycles. The molecule has 19 heavy (non-hydrogen) atoms. The van der Waals surface area contributed by atoms with Gasteiger partial charge in [0.25, 0.3) is 0 Å². The Hall–Kier alpha value is -1.94. The van der Waals surface area contributed by atoms with E-state index in [4.69, 9.17) is 4.74 Å². The number of ether oxygens (including phenoxy) is 1. The van der Waals surface area contributed by atoms with Crippen LogP contribution >= 0.6 is 0 Å². The summed E-state index contributed by atoms with van der Waals surface area (Å²) in [7, 11) is 3.49. The second-order valence-corrected chi connectivity index (χ2v) is 4.39. The minimum absolute atomic E-state index is 0.0900. The summed E-state index contributed by atoms with van der Waals surface area (Å²) in [4.78, 5) is 3.90. The topological polar surface area (TPSA) is 34.2 Å². The van der Waals surface area contributed by atoms with Crippen LogP contribution in [0.25, 0.3) is 0 Å². The summed E-state index contributed by atoms with van der Waals surface area (Å²) in [5.74, 6) is 0.513. The minimum atomic E-state index is -0.331. The number of halogens is 1. The van der Waals surface area contributed by atoms with E-state index in [9.17, 15) is 4.39 Å². The van der Waals surface area contributed by atoms with Gasteiger partial charge >= 0.3 is 0 Å². The first-order valence-corrected chi connectivity index (χ1v) is 6.08. The average molecular weight is 260 g/mol. The highest BCUT2D eigenvalue weighted by Crippen LogP contribution is 2.26. The van der Waals surface area contributed by atoms with E-state index >= 15 is 0 Å². The lowest BCUT2D eigenvalue weighted by atomic mass is 9.98. The summed E-state index contributed by atoms with van der Waals surface area (Å²) in [6, 6.07) is 7.32. The molecule has 1 aromatic carbocycles. The van der Waals surface area contributed by atoms with Crippen molar-refractivity contribution < 1.29 is 9.13 Å². The van der Waals surface area contributed by atoms with Gasteiger partial charge in [-0.15, -0.1) is 0 Å². The van der Waals surface area contributed by atoms with Crippen molar-refractivity contribution in [1.82, 2.24) is 10.3 Å². The third kappa shape index (κ3) is 2.90. The van der Waals surface area contributed by atoms with Crippen molar-refractivity contribution in [2.45, 2.75) is 13.0 Å². The van der Waals surface area contributed by atoms with Crippen LogP contribution in [0.4, 0.5) is 4.39 Å². The molecule has 2 rings (SSSR count). The van der Waals surface area contributed by atoms with E-state index < -0.39 is 0 Å². The predicted molar refractivity (Wildman–Crippen MR) is 72.8 cm³/mol. The average Bonchev–Trinajstić information content (AvgIpc) is 2.40. The standard InChI is InChI=1S/C15H17FN2O/c1-10-6-11(4-5-14(10)19-3)15(17-2)12-7-13(16)9-18-8-12/h4-9,15,17H,1-3H3.